The molecule has 23 heavy (non-hydrogen) atoms. The normalized spacial score (nSPS) is 16.8. The molecule has 7 nitrogen and oxygen atoms in total. The second kappa shape index (κ2) is 6.48. The summed E-state index contributed by atoms with van der Waals surface area (Å²) < 4.78 is 2.11. The fourth-order valence-corrected chi connectivity index (χ4v) is 2.76. The lowest BCUT2D eigenvalue weighted by molar-refractivity contribution is 0.247. The van der Waals surface area contributed by atoms with Crippen LogP contribution in [0.4, 0.5) is 10.5 Å². The van der Waals surface area contributed by atoms with Crippen LogP contribution in [0, 0.1) is 18.3 Å². The van der Waals surface area contributed by atoms with E-state index >= 15 is 0 Å². The molecule has 2 amide bonds. The van der Waals surface area contributed by atoms with Crippen molar-refractivity contribution in [1.29, 1.82) is 5.26 Å². The molecular weight excluding hydrogens is 292 g/mol. The van der Waals surface area contributed by atoms with Crippen molar-refractivity contribution in [3.8, 4) is 6.07 Å². The summed E-state index contributed by atoms with van der Waals surface area (Å²) >= 11 is 0. The number of amides is 2. The van der Waals surface area contributed by atoms with E-state index in [2.05, 4.69) is 25.4 Å². The van der Waals surface area contributed by atoms with Crippen LogP contribution >= 0.6 is 0 Å². The Bertz CT molecular complexity index is 743. The van der Waals surface area contributed by atoms with Gasteiger partial charge in [-0.15, -0.1) is 10.2 Å². The lowest BCUT2D eigenvalue weighted by Crippen LogP contribution is -2.38. The second-order valence-corrected chi connectivity index (χ2v) is 5.63. The lowest BCUT2D eigenvalue weighted by atomic mass is 10.1. The van der Waals surface area contributed by atoms with Crippen molar-refractivity contribution in [2.45, 2.75) is 38.8 Å². The zero-order chi connectivity index (χ0) is 16.2. The molecule has 3 rings (SSSR count). The Kier molecular flexibility index (Phi) is 4.24. The van der Waals surface area contributed by atoms with Crippen molar-refractivity contribution in [2.75, 3.05) is 5.32 Å². The smallest absolute Gasteiger partial charge is 0.319 e. The molecule has 1 aromatic carbocycles. The van der Waals surface area contributed by atoms with Crippen molar-refractivity contribution in [1.82, 2.24) is 20.1 Å². The van der Waals surface area contributed by atoms with E-state index in [1.54, 1.807) is 24.3 Å². The Morgan fingerprint density at radius 3 is 2.83 bits per heavy atom. The average Bonchev–Trinajstić information content (AvgIpc) is 2.78. The number of hydrogen-bond donors (Lipinski definition) is 2. The van der Waals surface area contributed by atoms with Gasteiger partial charge in [-0.25, -0.2) is 4.79 Å². The Labute approximate surface area is 134 Å². The van der Waals surface area contributed by atoms with Gasteiger partial charge in [0, 0.05) is 24.7 Å². The molecule has 1 aliphatic heterocycles. The molecule has 7 heteroatoms. The number of rotatable bonds is 2. The van der Waals surface area contributed by atoms with Crippen LogP contribution in [0.1, 0.15) is 30.1 Å². The number of carbonyl (C=O) groups is 1. The van der Waals surface area contributed by atoms with E-state index in [0.29, 0.717) is 11.3 Å². The molecule has 2 heterocycles. The summed E-state index contributed by atoms with van der Waals surface area (Å²) in [7, 11) is 0. The van der Waals surface area contributed by atoms with Crippen LogP contribution < -0.4 is 10.6 Å². The minimum atomic E-state index is -0.228. The van der Waals surface area contributed by atoms with E-state index in [0.717, 1.165) is 37.5 Å². The molecule has 118 valence electrons. The number of hydrogen-bond acceptors (Lipinski definition) is 4. The SMILES string of the molecule is Cc1nnc2n1CCC(NC(=O)Nc1ccc(C#N)cc1)CC2. The summed E-state index contributed by atoms with van der Waals surface area (Å²) in [5, 5.41) is 22.8. The van der Waals surface area contributed by atoms with E-state index in [1.807, 2.05) is 13.0 Å². The first kappa shape index (κ1) is 15.0. The van der Waals surface area contributed by atoms with Crippen LogP contribution in [-0.2, 0) is 13.0 Å². The van der Waals surface area contributed by atoms with Gasteiger partial charge in [-0.2, -0.15) is 5.26 Å². The van der Waals surface area contributed by atoms with Gasteiger partial charge in [0.1, 0.15) is 11.6 Å². The van der Waals surface area contributed by atoms with Crippen LogP contribution in [0.15, 0.2) is 24.3 Å². The first-order valence-corrected chi connectivity index (χ1v) is 7.62. The average molecular weight is 310 g/mol. The Morgan fingerprint density at radius 1 is 1.30 bits per heavy atom. The number of aryl methyl sites for hydroxylation is 2. The number of fused-ring (bicyclic) bond motifs is 1. The van der Waals surface area contributed by atoms with Gasteiger partial charge in [0.15, 0.2) is 0 Å². The topological polar surface area (TPSA) is 95.6 Å². The first-order valence-electron chi connectivity index (χ1n) is 7.62. The van der Waals surface area contributed by atoms with Crippen LogP contribution in [0.25, 0.3) is 0 Å². The third kappa shape index (κ3) is 3.48. The monoisotopic (exact) mass is 310 g/mol. The number of anilines is 1. The highest BCUT2D eigenvalue weighted by Crippen LogP contribution is 2.15. The maximum absolute atomic E-state index is 12.1. The number of nitriles is 1. The molecule has 1 atom stereocenters. The van der Waals surface area contributed by atoms with E-state index in [-0.39, 0.29) is 12.1 Å². The Balaban J connectivity index is 1.55. The maximum Gasteiger partial charge on any atom is 0.319 e. The summed E-state index contributed by atoms with van der Waals surface area (Å²) in [6.07, 6.45) is 2.51. The van der Waals surface area contributed by atoms with E-state index in [4.69, 9.17) is 5.26 Å². The molecule has 0 fully saturated rings. The minimum absolute atomic E-state index is 0.106. The lowest BCUT2D eigenvalue weighted by Gasteiger charge is -2.16. The van der Waals surface area contributed by atoms with Gasteiger partial charge < -0.3 is 15.2 Å². The fraction of sp³-hybridized carbons (Fsp3) is 0.375. The Hall–Kier alpha value is -2.88. The number of aromatic nitrogens is 3. The first-order chi connectivity index (χ1) is 11.2. The molecule has 0 saturated heterocycles. The van der Waals surface area contributed by atoms with Crippen LogP contribution in [0.5, 0.6) is 0 Å². The third-order valence-electron chi connectivity index (χ3n) is 4.04. The highest BCUT2D eigenvalue weighted by Gasteiger charge is 2.20. The molecule has 0 saturated carbocycles. The van der Waals surface area contributed by atoms with Crippen LogP contribution in [0.3, 0.4) is 0 Å². The van der Waals surface area contributed by atoms with Crippen LogP contribution in [0.2, 0.25) is 0 Å². The predicted molar refractivity (Wildman–Crippen MR) is 84.8 cm³/mol. The standard InChI is InChI=1S/C16H18N6O/c1-11-20-21-15-7-6-14(8-9-22(11)15)19-16(23)18-13-4-2-12(10-17)3-5-13/h2-5,14H,6-9H2,1H3,(H2,18,19,23). The summed E-state index contributed by atoms with van der Waals surface area (Å²) in [4.78, 5) is 12.1. The van der Waals surface area contributed by atoms with Gasteiger partial charge in [0.2, 0.25) is 0 Å². The summed E-state index contributed by atoms with van der Waals surface area (Å²) in [6, 6.07) is 8.72. The van der Waals surface area contributed by atoms with Gasteiger partial charge in [0.25, 0.3) is 0 Å². The third-order valence-corrected chi connectivity index (χ3v) is 4.04. The van der Waals surface area contributed by atoms with Crippen molar-refractivity contribution >= 4 is 11.7 Å². The van der Waals surface area contributed by atoms with Crippen molar-refractivity contribution < 1.29 is 4.79 Å². The molecular formula is C16H18N6O. The number of nitrogens with one attached hydrogen (secondary N) is 2. The zero-order valence-electron chi connectivity index (χ0n) is 12.9. The van der Waals surface area contributed by atoms with Crippen molar-refractivity contribution in [2.24, 2.45) is 0 Å². The quantitative estimate of drug-likeness (QED) is 0.886. The highest BCUT2D eigenvalue weighted by atomic mass is 16.2. The van der Waals surface area contributed by atoms with Gasteiger partial charge in [-0.3, -0.25) is 0 Å². The molecule has 1 aromatic heterocycles. The van der Waals surface area contributed by atoms with E-state index < -0.39 is 0 Å². The van der Waals surface area contributed by atoms with E-state index in [1.165, 1.54) is 0 Å². The number of benzene rings is 1. The molecule has 2 aromatic rings. The molecule has 0 radical (unpaired) electrons. The summed E-state index contributed by atoms with van der Waals surface area (Å²) in [5.41, 5.74) is 1.24. The molecule has 1 unspecified atom stereocenters. The molecule has 0 aliphatic carbocycles. The highest BCUT2D eigenvalue weighted by molar-refractivity contribution is 5.89. The largest absolute Gasteiger partial charge is 0.335 e. The van der Waals surface area contributed by atoms with Crippen molar-refractivity contribution in [3.05, 3.63) is 41.5 Å². The number of nitrogens with zero attached hydrogens (tertiary/aromatic N) is 4. The van der Waals surface area contributed by atoms with Gasteiger partial charge in [-0.1, -0.05) is 0 Å². The molecule has 2 N–H and O–H groups in total. The molecule has 1 aliphatic rings. The second-order valence-electron chi connectivity index (χ2n) is 5.63. The summed E-state index contributed by atoms with van der Waals surface area (Å²) in [5.74, 6) is 1.90. The maximum atomic E-state index is 12.1. The van der Waals surface area contributed by atoms with Crippen molar-refractivity contribution in [3.63, 3.8) is 0 Å². The number of urea groups is 1. The predicted octanol–water partition coefficient (Wildman–Crippen LogP) is 1.98. The van der Waals surface area contributed by atoms with Crippen LogP contribution in [-0.4, -0.2) is 26.8 Å². The molecule has 0 spiro atoms. The fourth-order valence-electron chi connectivity index (χ4n) is 2.76. The van der Waals surface area contributed by atoms with Gasteiger partial charge in [0.05, 0.1) is 11.6 Å². The Morgan fingerprint density at radius 2 is 2.09 bits per heavy atom. The number of carbonyl (C=O) groups excluding carboxylic acids is 1. The minimum Gasteiger partial charge on any atom is -0.335 e. The molecule has 0 bridgehead atoms. The zero-order valence-corrected chi connectivity index (χ0v) is 12.9. The van der Waals surface area contributed by atoms with Gasteiger partial charge >= 0.3 is 6.03 Å². The summed E-state index contributed by atoms with van der Waals surface area (Å²) in [6.45, 7) is 2.76. The van der Waals surface area contributed by atoms with Gasteiger partial charge in [-0.05, 0) is 44.0 Å². The van der Waals surface area contributed by atoms with E-state index in [9.17, 15) is 4.79 Å².